The minimum absolute atomic E-state index is 0.792. The molecule has 1 fully saturated rings. The molecule has 1 aromatic rings. The highest BCUT2D eigenvalue weighted by atomic mass is 14.4. The maximum atomic E-state index is 2.54. The Hall–Kier alpha value is -1.04. The molecular weight excluding hydrogens is 192 g/mol. The van der Waals surface area contributed by atoms with E-state index in [1.807, 2.05) is 0 Å². The first-order valence-electron chi connectivity index (χ1n) is 6.63. The van der Waals surface area contributed by atoms with E-state index in [1.165, 1.54) is 31.2 Å². The summed E-state index contributed by atoms with van der Waals surface area (Å²) in [5.41, 5.74) is 3.10. The largest absolute Gasteiger partial charge is 0.0773 e. The summed E-state index contributed by atoms with van der Waals surface area (Å²) in [6, 6.07) is 11.0. The van der Waals surface area contributed by atoms with E-state index in [0.29, 0.717) is 0 Å². The third-order valence-corrected chi connectivity index (χ3v) is 4.44. The van der Waals surface area contributed by atoms with Crippen molar-refractivity contribution in [3.05, 3.63) is 42.0 Å². The predicted molar refractivity (Wildman–Crippen MR) is 69.0 cm³/mol. The molecule has 0 saturated heterocycles. The van der Waals surface area contributed by atoms with E-state index in [9.17, 15) is 0 Å². The van der Waals surface area contributed by atoms with Gasteiger partial charge >= 0.3 is 0 Å². The molecule has 2 aliphatic rings. The van der Waals surface area contributed by atoms with Crippen LogP contribution in [0.5, 0.6) is 0 Å². The van der Waals surface area contributed by atoms with E-state index in [1.54, 1.807) is 5.57 Å². The Labute approximate surface area is 98.4 Å². The number of hydrogen-bond donors (Lipinski definition) is 0. The van der Waals surface area contributed by atoms with Gasteiger partial charge in [0.25, 0.3) is 0 Å². The Morgan fingerprint density at radius 3 is 2.56 bits per heavy atom. The highest BCUT2D eigenvalue weighted by Crippen LogP contribution is 2.48. The predicted octanol–water partition coefficient (Wildman–Crippen LogP) is 4.53. The van der Waals surface area contributed by atoms with E-state index in [2.05, 4.69) is 43.3 Å². The number of benzene rings is 1. The molecule has 3 unspecified atom stereocenters. The number of rotatable bonds is 1. The molecule has 0 nitrogen and oxygen atoms in total. The van der Waals surface area contributed by atoms with E-state index in [-0.39, 0.29) is 0 Å². The fourth-order valence-corrected chi connectivity index (χ4v) is 3.65. The molecule has 0 radical (unpaired) electrons. The van der Waals surface area contributed by atoms with Crippen LogP contribution in [-0.4, -0.2) is 0 Å². The summed E-state index contributed by atoms with van der Waals surface area (Å²) in [5, 5.41) is 0. The van der Waals surface area contributed by atoms with Crippen molar-refractivity contribution in [3.63, 3.8) is 0 Å². The molecule has 0 aliphatic heterocycles. The molecule has 0 amide bonds. The molecule has 0 spiro atoms. The van der Waals surface area contributed by atoms with Crippen molar-refractivity contribution in [2.45, 2.75) is 32.6 Å². The third-order valence-electron chi connectivity index (χ3n) is 4.44. The van der Waals surface area contributed by atoms with Gasteiger partial charge in [0.2, 0.25) is 0 Å². The van der Waals surface area contributed by atoms with Gasteiger partial charge in [0.05, 0.1) is 0 Å². The highest BCUT2D eigenvalue weighted by molar-refractivity contribution is 5.70. The molecule has 1 aromatic carbocycles. The van der Waals surface area contributed by atoms with Gasteiger partial charge in [-0.15, -0.1) is 0 Å². The highest BCUT2D eigenvalue weighted by Gasteiger charge is 2.36. The molecule has 0 heteroatoms. The number of allylic oxidation sites excluding steroid dienone is 2. The maximum absolute atomic E-state index is 2.54. The molecule has 3 rings (SSSR count). The van der Waals surface area contributed by atoms with Crippen LogP contribution in [-0.2, 0) is 0 Å². The van der Waals surface area contributed by atoms with E-state index < -0.39 is 0 Å². The Bertz CT molecular complexity index is 388. The van der Waals surface area contributed by atoms with Crippen molar-refractivity contribution in [3.8, 4) is 0 Å². The maximum Gasteiger partial charge on any atom is -0.0125 e. The van der Waals surface area contributed by atoms with Gasteiger partial charge in [-0.3, -0.25) is 0 Å². The molecule has 16 heavy (non-hydrogen) atoms. The first kappa shape index (κ1) is 10.1. The van der Waals surface area contributed by atoms with Gasteiger partial charge in [-0.05, 0) is 41.7 Å². The smallest absolute Gasteiger partial charge is 0.0125 e. The monoisotopic (exact) mass is 212 g/mol. The van der Waals surface area contributed by atoms with E-state index >= 15 is 0 Å². The zero-order valence-corrected chi connectivity index (χ0v) is 10.0. The number of fused-ring (bicyclic) bond motifs is 1. The van der Waals surface area contributed by atoms with Crippen molar-refractivity contribution in [1.82, 2.24) is 0 Å². The number of hydrogen-bond acceptors (Lipinski definition) is 0. The fourth-order valence-electron chi connectivity index (χ4n) is 3.65. The van der Waals surface area contributed by atoms with E-state index in [0.717, 1.165) is 17.8 Å². The molecule has 0 bridgehead atoms. The van der Waals surface area contributed by atoms with Crippen LogP contribution in [0.3, 0.4) is 0 Å². The van der Waals surface area contributed by atoms with Crippen molar-refractivity contribution in [2.24, 2.45) is 17.8 Å². The Morgan fingerprint density at radius 1 is 1.00 bits per heavy atom. The second-order valence-electron chi connectivity index (χ2n) is 5.40. The van der Waals surface area contributed by atoms with Gasteiger partial charge in [0, 0.05) is 0 Å². The standard InChI is InChI=1S/C16H20/c1-12-11-16(13-7-3-2-4-8-13)15-10-6-5-9-14(12)15/h2-4,7-8,11-12,14-15H,5-6,9-10H2,1H3. The molecule has 84 valence electrons. The topological polar surface area (TPSA) is 0 Å². The summed E-state index contributed by atoms with van der Waals surface area (Å²) in [6.45, 7) is 2.40. The molecule has 1 saturated carbocycles. The first-order valence-corrected chi connectivity index (χ1v) is 6.63. The summed E-state index contributed by atoms with van der Waals surface area (Å²) >= 11 is 0. The Morgan fingerprint density at radius 2 is 1.75 bits per heavy atom. The summed E-state index contributed by atoms with van der Waals surface area (Å²) in [6.07, 6.45) is 8.27. The molecule has 0 N–H and O–H groups in total. The van der Waals surface area contributed by atoms with Crippen LogP contribution >= 0.6 is 0 Å². The molecular formula is C16H20. The van der Waals surface area contributed by atoms with Gasteiger partial charge < -0.3 is 0 Å². The van der Waals surface area contributed by atoms with Crippen LogP contribution in [0, 0.1) is 17.8 Å². The van der Waals surface area contributed by atoms with Crippen LogP contribution in [0.2, 0.25) is 0 Å². The lowest BCUT2D eigenvalue weighted by Crippen LogP contribution is -2.19. The fraction of sp³-hybridized carbons (Fsp3) is 0.500. The molecule has 0 heterocycles. The van der Waals surface area contributed by atoms with E-state index in [4.69, 9.17) is 0 Å². The molecule has 2 aliphatic carbocycles. The second kappa shape index (κ2) is 4.08. The normalized spacial score (nSPS) is 33.3. The average Bonchev–Trinajstić information content (AvgIpc) is 2.69. The van der Waals surface area contributed by atoms with Gasteiger partial charge in [-0.1, -0.05) is 56.2 Å². The average molecular weight is 212 g/mol. The summed E-state index contributed by atoms with van der Waals surface area (Å²) < 4.78 is 0. The van der Waals surface area contributed by atoms with Gasteiger partial charge in [-0.25, -0.2) is 0 Å². The van der Waals surface area contributed by atoms with Gasteiger partial charge in [-0.2, -0.15) is 0 Å². The van der Waals surface area contributed by atoms with Gasteiger partial charge in [0.15, 0.2) is 0 Å². The molecule has 3 atom stereocenters. The lowest BCUT2D eigenvalue weighted by Gasteiger charge is -2.30. The minimum Gasteiger partial charge on any atom is -0.0773 e. The quantitative estimate of drug-likeness (QED) is 0.641. The summed E-state index contributed by atoms with van der Waals surface area (Å²) in [5.74, 6) is 2.58. The molecule has 0 aromatic heterocycles. The van der Waals surface area contributed by atoms with Gasteiger partial charge in [0.1, 0.15) is 0 Å². The van der Waals surface area contributed by atoms with Crippen LogP contribution in [0.1, 0.15) is 38.2 Å². The van der Waals surface area contributed by atoms with Crippen molar-refractivity contribution < 1.29 is 0 Å². The lowest BCUT2D eigenvalue weighted by molar-refractivity contribution is 0.262. The third kappa shape index (κ3) is 1.61. The van der Waals surface area contributed by atoms with Crippen molar-refractivity contribution in [2.75, 3.05) is 0 Å². The van der Waals surface area contributed by atoms with Crippen molar-refractivity contribution in [1.29, 1.82) is 0 Å². The SMILES string of the molecule is CC1C=C(c2ccccc2)C2CCCCC12. The van der Waals surface area contributed by atoms with Crippen LogP contribution < -0.4 is 0 Å². The van der Waals surface area contributed by atoms with Crippen LogP contribution in [0.15, 0.2) is 36.4 Å². The summed E-state index contributed by atoms with van der Waals surface area (Å²) in [7, 11) is 0. The first-order chi connectivity index (χ1) is 7.86. The lowest BCUT2D eigenvalue weighted by atomic mass is 9.75. The van der Waals surface area contributed by atoms with Crippen LogP contribution in [0.4, 0.5) is 0 Å². The second-order valence-corrected chi connectivity index (χ2v) is 5.40. The Balaban J connectivity index is 1.93. The van der Waals surface area contributed by atoms with Crippen LogP contribution in [0.25, 0.3) is 5.57 Å². The van der Waals surface area contributed by atoms with Crippen molar-refractivity contribution >= 4 is 5.57 Å². The Kier molecular flexibility index (Phi) is 2.59. The zero-order valence-electron chi connectivity index (χ0n) is 10.0. The zero-order chi connectivity index (χ0) is 11.0. The summed E-state index contributed by atoms with van der Waals surface area (Å²) in [4.78, 5) is 0. The minimum atomic E-state index is 0.792.